The van der Waals surface area contributed by atoms with Crippen LogP contribution >= 0.6 is 12.6 Å². The van der Waals surface area contributed by atoms with Crippen LogP contribution in [0.15, 0.2) is 60.7 Å². The second kappa shape index (κ2) is 17.3. The lowest BCUT2D eigenvalue weighted by Crippen LogP contribution is -2.49. The first kappa shape index (κ1) is 42.3. The van der Waals surface area contributed by atoms with E-state index in [0.29, 0.717) is 55.5 Å². The first-order valence-electron chi connectivity index (χ1n) is 19.1. The van der Waals surface area contributed by atoms with Gasteiger partial charge in [0.1, 0.15) is 23.9 Å². The minimum Gasteiger partial charge on any atom is -0.492 e. The number of benzene rings is 3. The zero-order valence-electron chi connectivity index (χ0n) is 32.7. The zero-order valence-corrected chi connectivity index (χ0v) is 33.6. The number of nitrogens with one attached hydrogen (secondary N) is 3. The van der Waals surface area contributed by atoms with E-state index in [1.165, 1.54) is 11.0 Å². The monoisotopic (exact) mass is 820 g/mol. The third-order valence-corrected chi connectivity index (χ3v) is 11.1. The molecule has 3 N–H and O–H groups in total. The Morgan fingerprint density at radius 1 is 1.00 bits per heavy atom. The number of anilines is 4. The number of rotatable bonds is 12. The van der Waals surface area contributed by atoms with E-state index >= 15 is 0 Å². The third-order valence-electron chi connectivity index (χ3n) is 10.6. The number of hydrogen-bond donors (Lipinski definition) is 4. The molecule has 13 nitrogen and oxygen atoms in total. The van der Waals surface area contributed by atoms with Crippen molar-refractivity contribution in [1.29, 1.82) is 5.26 Å². The number of piperidine rings is 1. The van der Waals surface area contributed by atoms with Gasteiger partial charge in [-0.05, 0) is 86.3 Å². The first-order valence-corrected chi connectivity index (χ1v) is 19.6. The van der Waals surface area contributed by atoms with Crippen LogP contribution in [0.3, 0.4) is 0 Å². The van der Waals surface area contributed by atoms with Gasteiger partial charge in [0.25, 0.3) is 5.91 Å². The summed E-state index contributed by atoms with van der Waals surface area (Å²) in [5, 5.41) is 17.6. The van der Waals surface area contributed by atoms with Crippen LogP contribution in [-0.2, 0) is 25.4 Å². The molecule has 0 saturated carbocycles. The molecule has 308 valence electrons. The highest BCUT2D eigenvalue weighted by atomic mass is 32.1. The summed E-state index contributed by atoms with van der Waals surface area (Å²) in [6.45, 7) is 11.6. The number of nitriles is 1. The molecule has 0 radical (unpaired) electrons. The molecule has 2 atom stereocenters. The predicted octanol–water partition coefficient (Wildman–Crippen LogP) is 5.40. The summed E-state index contributed by atoms with van der Waals surface area (Å²) >= 11 is 4.74. The zero-order chi connectivity index (χ0) is 41.9. The molecule has 0 spiro atoms. The molecule has 17 heteroatoms. The van der Waals surface area contributed by atoms with Crippen molar-refractivity contribution in [1.82, 2.24) is 15.1 Å². The van der Waals surface area contributed by atoms with E-state index in [9.17, 15) is 37.6 Å². The molecule has 3 saturated heterocycles. The maximum atomic E-state index is 13.8. The number of ether oxygens (including phenoxy) is 1. The fourth-order valence-corrected chi connectivity index (χ4v) is 8.13. The molecule has 3 fully saturated rings. The molecule has 3 aromatic rings. The Bertz CT molecular complexity index is 2100. The fourth-order valence-electron chi connectivity index (χ4n) is 7.47. The maximum absolute atomic E-state index is 13.8. The van der Waals surface area contributed by atoms with Gasteiger partial charge in [-0.2, -0.15) is 18.4 Å². The van der Waals surface area contributed by atoms with E-state index < -0.39 is 40.3 Å². The van der Waals surface area contributed by atoms with E-state index in [-0.39, 0.29) is 42.3 Å². The number of nitrogens with zero attached hydrogens (tertiary/aromatic N) is 5. The van der Waals surface area contributed by atoms with E-state index in [1.54, 1.807) is 49.1 Å². The number of carbonyl (C=O) groups is 4. The van der Waals surface area contributed by atoms with E-state index in [2.05, 4.69) is 25.8 Å². The second-order valence-electron chi connectivity index (χ2n) is 15.4. The standard InChI is InChI=1S/C41H47F3N8O5S/c1-25(2)31-21-30(52-39(58)51(38(56)40(52,3)4)29-9-8-26(23-45)32(22-29)41(42,43)44)10-12-34(31)57-19-18-49-14-16-50(17-15-49)24-36(54)47-28-7-5-6-27(20-28)46-33-11-13-35(53)48-37(33)55/h5-10,12,20-22,25,33,39,46,58H,11,13-19,24H2,1-4H3,(H,47,54)(H,48,53,55). The lowest BCUT2D eigenvalue weighted by Gasteiger charge is -2.35. The Balaban J connectivity index is 1.01. The summed E-state index contributed by atoms with van der Waals surface area (Å²) in [7, 11) is 0. The Kier molecular flexibility index (Phi) is 12.6. The van der Waals surface area contributed by atoms with Gasteiger partial charge in [0.15, 0.2) is 5.50 Å². The van der Waals surface area contributed by atoms with Gasteiger partial charge >= 0.3 is 6.18 Å². The molecule has 0 aromatic heterocycles. The third kappa shape index (κ3) is 9.35. The number of piperazine rings is 1. The number of amides is 4. The molecule has 2 unspecified atom stereocenters. The molecule has 58 heavy (non-hydrogen) atoms. The molecule has 3 aliphatic rings. The fraction of sp³-hybridized carbons (Fsp3) is 0.439. The van der Waals surface area contributed by atoms with E-state index in [1.807, 2.05) is 32.0 Å². The van der Waals surface area contributed by atoms with Gasteiger partial charge in [-0.3, -0.25) is 39.2 Å². The van der Waals surface area contributed by atoms with Crippen LogP contribution in [0.1, 0.15) is 63.1 Å². The van der Waals surface area contributed by atoms with Gasteiger partial charge in [-0.1, -0.05) is 19.9 Å². The van der Waals surface area contributed by atoms with Crippen LogP contribution in [0, 0.1) is 11.3 Å². The largest absolute Gasteiger partial charge is 0.492 e. The van der Waals surface area contributed by atoms with Gasteiger partial charge in [0, 0.05) is 61.9 Å². The number of hydrogen-bond acceptors (Lipinski definition) is 11. The summed E-state index contributed by atoms with van der Waals surface area (Å²) in [5.74, 6) is -0.517. The lowest BCUT2D eigenvalue weighted by atomic mass is 9.98. The summed E-state index contributed by atoms with van der Waals surface area (Å²) < 4.78 is 47.7. The van der Waals surface area contributed by atoms with Crippen molar-refractivity contribution in [2.24, 2.45) is 0 Å². The molecular formula is C41H47F3N8O5S. The smallest absolute Gasteiger partial charge is 0.417 e. The molecule has 3 aliphatic heterocycles. The van der Waals surface area contributed by atoms with Crippen molar-refractivity contribution in [3.8, 4) is 11.8 Å². The SMILES string of the molecule is CC(C)c1cc(N2C(S)N(c3ccc(C#N)c(C(F)(F)F)c3)C(=O)C2(C)C)ccc1OCCN1CCN(CC(=O)Nc2cccc(NC3CCC(=O)NC3=O)c2)CC1. The van der Waals surface area contributed by atoms with Crippen molar-refractivity contribution in [3.05, 3.63) is 77.4 Å². The van der Waals surface area contributed by atoms with Crippen LogP contribution in [0.5, 0.6) is 5.75 Å². The Labute approximate surface area is 340 Å². The van der Waals surface area contributed by atoms with Gasteiger partial charge < -0.3 is 20.3 Å². The predicted molar refractivity (Wildman–Crippen MR) is 217 cm³/mol. The van der Waals surface area contributed by atoms with Crippen molar-refractivity contribution in [2.75, 3.05) is 66.3 Å². The second-order valence-corrected chi connectivity index (χ2v) is 15.9. The highest BCUT2D eigenvalue weighted by molar-refractivity contribution is 7.81. The normalized spacial score (nSPS) is 20.2. The highest BCUT2D eigenvalue weighted by Gasteiger charge is 2.52. The average molecular weight is 821 g/mol. The Hall–Kier alpha value is -5.31. The minimum absolute atomic E-state index is 0.0103. The van der Waals surface area contributed by atoms with E-state index in [0.717, 1.165) is 30.8 Å². The van der Waals surface area contributed by atoms with Crippen molar-refractivity contribution < 1.29 is 37.1 Å². The Morgan fingerprint density at radius 2 is 1.69 bits per heavy atom. The van der Waals surface area contributed by atoms with Gasteiger partial charge in [-0.25, -0.2) is 0 Å². The average Bonchev–Trinajstić information content (AvgIpc) is 3.34. The summed E-state index contributed by atoms with van der Waals surface area (Å²) in [5.41, 5.74) is -0.950. The number of halogens is 3. The molecule has 6 rings (SSSR count). The molecular weight excluding hydrogens is 774 g/mol. The van der Waals surface area contributed by atoms with E-state index in [4.69, 9.17) is 17.4 Å². The van der Waals surface area contributed by atoms with Gasteiger partial charge in [0.05, 0.1) is 23.7 Å². The van der Waals surface area contributed by atoms with Crippen LogP contribution in [-0.4, -0.2) is 96.4 Å². The quantitative estimate of drug-likeness (QED) is 0.138. The minimum atomic E-state index is -4.78. The van der Waals surface area contributed by atoms with Crippen molar-refractivity contribution in [2.45, 2.75) is 69.7 Å². The lowest BCUT2D eigenvalue weighted by molar-refractivity contribution is -0.138. The number of thiol groups is 1. The number of imide groups is 1. The van der Waals surface area contributed by atoms with Crippen molar-refractivity contribution >= 4 is 59.0 Å². The van der Waals surface area contributed by atoms with Gasteiger partial charge in [0.2, 0.25) is 17.7 Å². The summed E-state index contributed by atoms with van der Waals surface area (Å²) in [6.07, 6.45) is -4.12. The first-order chi connectivity index (χ1) is 27.5. The number of alkyl halides is 3. The number of carbonyl (C=O) groups excluding carboxylic acids is 4. The van der Waals surface area contributed by atoms with Gasteiger partial charge in [-0.15, -0.1) is 12.6 Å². The van der Waals surface area contributed by atoms with Crippen LogP contribution in [0.4, 0.5) is 35.9 Å². The topological polar surface area (TPSA) is 150 Å². The summed E-state index contributed by atoms with van der Waals surface area (Å²) in [6, 6.07) is 17.0. The molecule has 3 heterocycles. The van der Waals surface area contributed by atoms with Crippen LogP contribution < -0.4 is 30.5 Å². The maximum Gasteiger partial charge on any atom is 0.417 e. The Morgan fingerprint density at radius 3 is 2.36 bits per heavy atom. The molecule has 4 amide bonds. The molecule has 0 bridgehead atoms. The summed E-state index contributed by atoms with van der Waals surface area (Å²) in [4.78, 5) is 57.6. The van der Waals surface area contributed by atoms with Crippen molar-refractivity contribution in [3.63, 3.8) is 0 Å². The molecule has 0 aliphatic carbocycles. The highest BCUT2D eigenvalue weighted by Crippen LogP contribution is 2.44. The van der Waals surface area contributed by atoms with Crippen LogP contribution in [0.25, 0.3) is 0 Å². The van der Waals surface area contributed by atoms with Crippen LogP contribution in [0.2, 0.25) is 0 Å². The molecule has 3 aromatic carbocycles.